The summed E-state index contributed by atoms with van der Waals surface area (Å²) in [6, 6.07) is 3.78. The molecular formula is C15H20ClFN2O2. The highest BCUT2D eigenvalue weighted by atomic mass is 35.5. The van der Waals surface area contributed by atoms with Gasteiger partial charge < -0.3 is 10.2 Å². The number of unbranched alkanes of at least 4 members (excludes halogenated alkanes) is 1. The minimum atomic E-state index is -0.734. The number of amides is 2. The number of hydrogen-bond acceptors (Lipinski definition) is 2. The third-order valence-corrected chi connectivity index (χ3v) is 3.22. The summed E-state index contributed by atoms with van der Waals surface area (Å²) >= 11 is 5.64. The number of benzene rings is 1. The van der Waals surface area contributed by atoms with E-state index < -0.39 is 17.6 Å². The first-order chi connectivity index (χ1) is 9.99. The second-order valence-electron chi connectivity index (χ2n) is 4.73. The van der Waals surface area contributed by atoms with E-state index in [-0.39, 0.29) is 5.02 Å². The lowest BCUT2D eigenvalue weighted by Gasteiger charge is -2.21. The monoisotopic (exact) mass is 314 g/mol. The van der Waals surface area contributed by atoms with Crippen LogP contribution < -0.4 is 5.32 Å². The third-order valence-electron chi connectivity index (χ3n) is 2.93. The Morgan fingerprint density at radius 2 is 1.95 bits per heavy atom. The Morgan fingerprint density at radius 3 is 2.52 bits per heavy atom. The van der Waals surface area contributed by atoms with E-state index in [1.54, 1.807) is 0 Å². The molecule has 0 aromatic heterocycles. The molecule has 21 heavy (non-hydrogen) atoms. The predicted octanol–water partition coefficient (Wildman–Crippen LogP) is 3.46. The molecule has 0 unspecified atom stereocenters. The number of rotatable bonds is 6. The van der Waals surface area contributed by atoms with Crippen LogP contribution >= 0.6 is 11.6 Å². The van der Waals surface area contributed by atoms with E-state index >= 15 is 0 Å². The number of hydrogen-bond donors (Lipinski definition) is 1. The molecule has 2 amide bonds. The lowest BCUT2D eigenvalue weighted by molar-refractivity contribution is -0.143. The van der Waals surface area contributed by atoms with Gasteiger partial charge in [0.25, 0.3) is 0 Å². The van der Waals surface area contributed by atoms with E-state index in [2.05, 4.69) is 5.32 Å². The maximum Gasteiger partial charge on any atom is 0.313 e. The Labute approximate surface area is 129 Å². The van der Waals surface area contributed by atoms with Crippen molar-refractivity contribution in [2.24, 2.45) is 0 Å². The van der Waals surface area contributed by atoms with Gasteiger partial charge in [0.15, 0.2) is 0 Å². The van der Waals surface area contributed by atoms with Crippen LogP contribution in [0.3, 0.4) is 0 Å². The van der Waals surface area contributed by atoms with Gasteiger partial charge in [-0.3, -0.25) is 9.59 Å². The van der Waals surface area contributed by atoms with Gasteiger partial charge in [-0.2, -0.15) is 0 Å². The average Bonchev–Trinajstić information content (AvgIpc) is 2.46. The van der Waals surface area contributed by atoms with Gasteiger partial charge in [0.2, 0.25) is 0 Å². The van der Waals surface area contributed by atoms with Gasteiger partial charge in [0, 0.05) is 18.8 Å². The normalized spacial score (nSPS) is 10.3. The Morgan fingerprint density at radius 1 is 1.24 bits per heavy atom. The Bertz CT molecular complexity index is 508. The van der Waals surface area contributed by atoms with Crippen molar-refractivity contribution in [2.45, 2.75) is 33.1 Å². The molecule has 0 aliphatic heterocycles. The highest BCUT2D eigenvalue weighted by molar-refractivity contribution is 6.39. The van der Waals surface area contributed by atoms with Crippen LogP contribution in [0, 0.1) is 5.82 Å². The molecule has 0 bridgehead atoms. The summed E-state index contributed by atoms with van der Waals surface area (Å²) in [6.45, 7) is 5.07. The second kappa shape index (κ2) is 8.62. The summed E-state index contributed by atoms with van der Waals surface area (Å²) in [4.78, 5) is 25.6. The van der Waals surface area contributed by atoms with E-state index in [1.165, 1.54) is 17.0 Å². The van der Waals surface area contributed by atoms with Crippen molar-refractivity contribution in [3.63, 3.8) is 0 Å². The summed E-state index contributed by atoms with van der Waals surface area (Å²) < 4.78 is 13.0. The molecule has 0 aliphatic rings. The van der Waals surface area contributed by atoms with Crippen molar-refractivity contribution in [3.05, 3.63) is 29.0 Å². The Hall–Kier alpha value is -1.62. The number of anilines is 1. The van der Waals surface area contributed by atoms with Gasteiger partial charge >= 0.3 is 11.8 Å². The molecule has 1 aromatic carbocycles. The van der Waals surface area contributed by atoms with E-state index in [0.717, 1.165) is 25.3 Å². The van der Waals surface area contributed by atoms with Crippen LogP contribution in [0.1, 0.15) is 33.1 Å². The molecule has 1 aromatic rings. The molecule has 0 heterocycles. The van der Waals surface area contributed by atoms with E-state index in [4.69, 9.17) is 11.6 Å². The molecule has 0 atom stereocenters. The van der Waals surface area contributed by atoms with Crippen molar-refractivity contribution in [1.29, 1.82) is 0 Å². The zero-order valence-corrected chi connectivity index (χ0v) is 13.0. The number of nitrogens with one attached hydrogen (secondary N) is 1. The molecule has 0 saturated carbocycles. The zero-order chi connectivity index (χ0) is 15.8. The lowest BCUT2D eigenvalue weighted by Crippen LogP contribution is -2.40. The lowest BCUT2D eigenvalue weighted by atomic mass is 10.2. The standard InChI is InChI=1S/C15H20ClFN2O2/c1-3-5-9-19(8-4-2)15(21)14(20)18-11-6-7-13(17)12(16)10-11/h6-7,10H,3-5,8-9H2,1-2H3,(H,18,20). The fraction of sp³-hybridized carbons (Fsp3) is 0.467. The molecule has 0 fully saturated rings. The molecular weight excluding hydrogens is 295 g/mol. The van der Waals surface area contributed by atoms with Crippen molar-refractivity contribution in [2.75, 3.05) is 18.4 Å². The third kappa shape index (κ3) is 5.34. The summed E-state index contributed by atoms with van der Waals surface area (Å²) in [7, 11) is 0. The molecule has 0 saturated heterocycles. The van der Waals surface area contributed by atoms with Gasteiger partial charge in [-0.15, -0.1) is 0 Å². The minimum Gasteiger partial charge on any atom is -0.334 e. The topological polar surface area (TPSA) is 49.4 Å². The highest BCUT2D eigenvalue weighted by Crippen LogP contribution is 2.19. The van der Waals surface area contributed by atoms with Crippen LogP contribution in [-0.4, -0.2) is 29.8 Å². The largest absolute Gasteiger partial charge is 0.334 e. The number of carbonyl (C=O) groups excluding carboxylic acids is 2. The molecule has 116 valence electrons. The fourth-order valence-corrected chi connectivity index (χ4v) is 2.02. The summed E-state index contributed by atoms with van der Waals surface area (Å²) in [5.41, 5.74) is 0.298. The van der Waals surface area contributed by atoms with Crippen LogP contribution in [0.15, 0.2) is 18.2 Å². The van der Waals surface area contributed by atoms with E-state index in [1.807, 2.05) is 13.8 Å². The number of carbonyl (C=O) groups is 2. The fourth-order valence-electron chi connectivity index (χ4n) is 1.84. The van der Waals surface area contributed by atoms with Gasteiger partial charge in [-0.25, -0.2) is 4.39 Å². The van der Waals surface area contributed by atoms with Gasteiger partial charge in [-0.1, -0.05) is 31.9 Å². The molecule has 6 heteroatoms. The summed E-state index contributed by atoms with van der Waals surface area (Å²) in [6.07, 6.45) is 2.58. The Balaban J connectivity index is 2.71. The smallest absolute Gasteiger partial charge is 0.313 e. The molecule has 1 rings (SSSR count). The van der Waals surface area contributed by atoms with Crippen LogP contribution in [0.25, 0.3) is 0 Å². The SMILES string of the molecule is CCCCN(CCC)C(=O)C(=O)Nc1ccc(F)c(Cl)c1. The molecule has 1 N–H and O–H groups in total. The quantitative estimate of drug-likeness (QED) is 0.818. The first kappa shape index (κ1) is 17.4. The minimum absolute atomic E-state index is 0.100. The second-order valence-corrected chi connectivity index (χ2v) is 5.14. The number of nitrogens with zero attached hydrogens (tertiary/aromatic N) is 1. The van der Waals surface area contributed by atoms with Crippen LogP contribution in [0.4, 0.5) is 10.1 Å². The average molecular weight is 315 g/mol. The van der Waals surface area contributed by atoms with Crippen molar-refractivity contribution >= 4 is 29.1 Å². The maximum atomic E-state index is 13.0. The first-order valence-electron chi connectivity index (χ1n) is 7.04. The van der Waals surface area contributed by atoms with Gasteiger partial charge in [-0.05, 0) is 31.0 Å². The van der Waals surface area contributed by atoms with Gasteiger partial charge in [0.05, 0.1) is 5.02 Å². The predicted molar refractivity (Wildman–Crippen MR) is 81.8 cm³/mol. The van der Waals surface area contributed by atoms with Crippen LogP contribution in [0.2, 0.25) is 5.02 Å². The number of halogens is 2. The Kier molecular flexibility index (Phi) is 7.15. The summed E-state index contributed by atoms with van der Waals surface area (Å²) in [5.74, 6) is -1.88. The van der Waals surface area contributed by atoms with Crippen molar-refractivity contribution < 1.29 is 14.0 Å². The zero-order valence-electron chi connectivity index (χ0n) is 12.3. The molecule has 0 spiro atoms. The molecule has 0 aliphatic carbocycles. The first-order valence-corrected chi connectivity index (χ1v) is 7.42. The van der Waals surface area contributed by atoms with Gasteiger partial charge in [0.1, 0.15) is 5.82 Å². The highest BCUT2D eigenvalue weighted by Gasteiger charge is 2.21. The van der Waals surface area contributed by atoms with Crippen molar-refractivity contribution in [3.8, 4) is 0 Å². The molecule has 4 nitrogen and oxygen atoms in total. The van der Waals surface area contributed by atoms with Crippen LogP contribution in [0.5, 0.6) is 0 Å². The van der Waals surface area contributed by atoms with Crippen molar-refractivity contribution in [1.82, 2.24) is 4.90 Å². The van der Waals surface area contributed by atoms with E-state index in [9.17, 15) is 14.0 Å². The van der Waals surface area contributed by atoms with E-state index in [0.29, 0.717) is 18.8 Å². The maximum absolute atomic E-state index is 13.0. The molecule has 0 radical (unpaired) electrons. The van der Waals surface area contributed by atoms with Crippen LogP contribution in [-0.2, 0) is 9.59 Å². The summed E-state index contributed by atoms with van der Waals surface area (Å²) in [5, 5.41) is 2.34.